The molecule has 3 aromatic rings. The smallest absolute Gasteiger partial charge is 0.255 e. The molecule has 0 aliphatic carbocycles. The summed E-state index contributed by atoms with van der Waals surface area (Å²) in [6.45, 7) is 1.27. The van der Waals surface area contributed by atoms with Crippen LogP contribution in [0, 0.1) is 0 Å². The molecule has 1 aromatic heterocycles. The number of carbonyl (C=O) groups is 2. The second kappa shape index (κ2) is 8.19. The zero-order chi connectivity index (χ0) is 19.3. The maximum absolute atomic E-state index is 12.6. The highest BCUT2D eigenvalue weighted by atomic mass is 16.5. The van der Waals surface area contributed by atoms with Crippen LogP contribution in [0.25, 0.3) is 10.9 Å². The average Bonchev–Trinajstić information content (AvgIpc) is 3.26. The summed E-state index contributed by atoms with van der Waals surface area (Å²) in [4.78, 5) is 29.2. The molecular weight excluding hydrogens is 354 g/mol. The Morgan fingerprint density at radius 3 is 2.50 bits per heavy atom. The number of hydrogen-bond acceptors (Lipinski definition) is 4. The van der Waals surface area contributed by atoms with E-state index in [1.165, 1.54) is 0 Å². The highest BCUT2D eigenvalue weighted by Crippen LogP contribution is 2.21. The van der Waals surface area contributed by atoms with E-state index >= 15 is 0 Å². The Morgan fingerprint density at radius 1 is 1.00 bits per heavy atom. The predicted molar refractivity (Wildman–Crippen MR) is 107 cm³/mol. The summed E-state index contributed by atoms with van der Waals surface area (Å²) in [6, 6.07) is 16.0. The van der Waals surface area contributed by atoms with Crippen LogP contribution >= 0.6 is 0 Å². The van der Waals surface area contributed by atoms with Crippen LogP contribution < -0.4 is 10.6 Å². The van der Waals surface area contributed by atoms with E-state index in [0.29, 0.717) is 23.4 Å². The number of carbonyl (C=O) groups excluding carboxylic acids is 2. The summed E-state index contributed by atoms with van der Waals surface area (Å²) in [5.74, 6) is -0.412. The quantitative estimate of drug-likeness (QED) is 0.716. The van der Waals surface area contributed by atoms with Gasteiger partial charge in [0.15, 0.2) is 0 Å². The third-order valence-corrected chi connectivity index (χ3v) is 4.80. The average molecular weight is 375 g/mol. The normalized spacial score (nSPS) is 16.1. The number of aromatic nitrogens is 1. The van der Waals surface area contributed by atoms with Crippen LogP contribution in [-0.4, -0.2) is 36.1 Å². The number of nitrogens with zero attached hydrogens (tertiary/aromatic N) is 1. The minimum absolute atomic E-state index is 0.100. The number of para-hydroxylation sites is 1. The summed E-state index contributed by atoms with van der Waals surface area (Å²) < 4.78 is 5.50. The van der Waals surface area contributed by atoms with Crippen molar-refractivity contribution in [2.24, 2.45) is 0 Å². The lowest BCUT2D eigenvalue weighted by Crippen LogP contribution is -2.31. The third-order valence-electron chi connectivity index (χ3n) is 4.80. The van der Waals surface area contributed by atoms with E-state index in [4.69, 9.17) is 4.74 Å². The molecule has 2 aromatic carbocycles. The molecule has 28 heavy (non-hydrogen) atoms. The Balaban J connectivity index is 1.41. The molecule has 1 saturated heterocycles. The SMILES string of the molecule is O=C(NCC1CCCO1)c1ccc(C(=O)Nc2cccc3cccnc23)cc1. The Labute approximate surface area is 162 Å². The van der Waals surface area contributed by atoms with E-state index in [9.17, 15) is 9.59 Å². The second-order valence-corrected chi connectivity index (χ2v) is 6.76. The highest BCUT2D eigenvalue weighted by molar-refractivity contribution is 6.08. The van der Waals surface area contributed by atoms with Gasteiger partial charge in [-0.15, -0.1) is 0 Å². The van der Waals surface area contributed by atoms with Crippen molar-refractivity contribution < 1.29 is 14.3 Å². The largest absolute Gasteiger partial charge is 0.376 e. The lowest BCUT2D eigenvalue weighted by Gasteiger charge is -2.11. The van der Waals surface area contributed by atoms with Crippen LogP contribution in [0.3, 0.4) is 0 Å². The summed E-state index contributed by atoms with van der Waals surface area (Å²) in [5.41, 5.74) is 2.38. The first-order valence-corrected chi connectivity index (χ1v) is 9.36. The number of hydrogen-bond donors (Lipinski definition) is 2. The Hall–Kier alpha value is -3.25. The molecule has 1 unspecified atom stereocenters. The van der Waals surface area contributed by atoms with Gasteiger partial charge >= 0.3 is 0 Å². The van der Waals surface area contributed by atoms with Crippen LogP contribution in [0.5, 0.6) is 0 Å². The molecule has 1 atom stereocenters. The van der Waals surface area contributed by atoms with Gasteiger partial charge in [-0.3, -0.25) is 14.6 Å². The van der Waals surface area contributed by atoms with Gasteiger partial charge in [-0.05, 0) is 49.2 Å². The lowest BCUT2D eigenvalue weighted by atomic mass is 10.1. The maximum Gasteiger partial charge on any atom is 0.255 e. The molecule has 0 spiro atoms. The van der Waals surface area contributed by atoms with E-state index in [1.807, 2.05) is 30.3 Å². The Bertz CT molecular complexity index is 990. The molecule has 1 fully saturated rings. The number of anilines is 1. The molecule has 0 radical (unpaired) electrons. The monoisotopic (exact) mass is 375 g/mol. The van der Waals surface area contributed by atoms with E-state index in [0.717, 1.165) is 30.4 Å². The van der Waals surface area contributed by atoms with Crippen molar-refractivity contribution in [2.75, 3.05) is 18.5 Å². The van der Waals surface area contributed by atoms with E-state index < -0.39 is 0 Å². The molecule has 2 N–H and O–H groups in total. The number of fused-ring (bicyclic) bond motifs is 1. The first kappa shape index (κ1) is 18.1. The van der Waals surface area contributed by atoms with Crippen LogP contribution in [-0.2, 0) is 4.74 Å². The lowest BCUT2D eigenvalue weighted by molar-refractivity contribution is 0.0857. The standard InChI is InChI=1S/C22H21N3O3/c26-21(24-14-18-6-3-13-28-18)16-8-10-17(11-9-16)22(27)25-19-7-1-4-15-5-2-12-23-20(15)19/h1-2,4-5,7-12,18H,3,6,13-14H2,(H,24,26)(H,25,27). The molecule has 4 rings (SSSR count). The molecule has 0 bridgehead atoms. The van der Waals surface area contributed by atoms with Crippen LogP contribution in [0.1, 0.15) is 33.6 Å². The molecule has 1 aliphatic rings. The van der Waals surface area contributed by atoms with Crippen molar-refractivity contribution in [1.82, 2.24) is 10.3 Å². The number of ether oxygens (including phenoxy) is 1. The van der Waals surface area contributed by atoms with Gasteiger partial charge in [0.1, 0.15) is 0 Å². The molecule has 6 heteroatoms. The fourth-order valence-electron chi connectivity index (χ4n) is 3.29. The minimum atomic E-state index is -0.246. The number of benzene rings is 2. The number of rotatable bonds is 5. The number of amides is 2. The van der Waals surface area contributed by atoms with Gasteiger partial charge in [0.2, 0.25) is 0 Å². The van der Waals surface area contributed by atoms with Crippen molar-refractivity contribution in [1.29, 1.82) is 0 Å². The molecule has 2 amide bonds. The zero-order valence-electron chi connectivity index (χ0n) is 15.4. The van der Waals surface area contributed by atoms with Crippen molar-refractivity contribution in [3.63, 3.8) is 0 Å². The molecular formula is C22H21N3O3. The Kier molecular flexibility index (Phi) is 5.30. The van der Waals surface area contributed by atoms with Gasteiger partial charge in [-0.2, -0.15) is 0 Å². The van der Waals surface area contributed by atoms with Gasteiger partial charge in [0.05, 0.1) is 17.3 Å². The summed E-state index contributed by atoms with van der Waals surface area (Å²) in [7, 11) is 0. The topological polar surface area (TPSA) is 80.3 Å². The van der Waals surface area contributed by atoms with Crippen molar-refractivity contribution in [2.45, 2.75) is 18.9 Å². The molecule has 2 heterocycles. The fourth-order valence-corrected chi connectivity index (χ4v) is 3.29. The van der Waals surface area contributed by atoms with Crippen LogP contribution in [0.15, 0.2) is 60.8 Å². The maximum atomic E-state index is 12.6. The predicted octanol–water partition coefficient (Wildman–Crippen LogP) is 3.40. The minimum Gasteiger partial charge on any atom is -0.376 e. The van der Waals surface area contributed by atoms with Crippen LogP contribution in [0.2, 0.25) is 0 Å². The van der Waals surface area contributed by atoms with E-state index in [2.05, 4.69) is 15.6 Å². The second-order valence-electron chi connectivity index (χ2n) is 6.76. The first-order chi connectivity index (χ1) is 13.7. The summed E-state index contributed by atoms with van der Waals surface area (Å²) >= 11 is 0. The van der Waals surface area contributed by atoms with Gasteiger partial charge in [0, 0.05) is 35.9 Å². The summed E-state index contributed by atoms with van der Waals surface area (Å²) in [5, 5.41) is 6.73. The zero-order valence-corrected chi connectivity index (χ0v) is 15.4. The number of nitrogens with one attached hydrogen (secondary N) is 2. The van der Waals surface area contributed by atoms with Gasteiger partial charge in [0.25, 0.3) is 11.8 Å². The molecule has 142 valence electrons. The van der Waals surface area contributed by atoms with Gasteiger partial charge < -0.3 is 15.4 Å². The summed E-state index contributed by atoms with van der Waals surface area (Å²) in [6.07, 6.45) is 3.81. The van der Waals surface area contributed by atoms with Crippen LogP contribution in [0.4, 0.5) is 5.69 Å². The van der Waals surface area contributed by atoms with E-state index in [-0.39, 0.29) is 17.9 Å². The Morgan fingerprint density at radius 2 is 1.75 bits per heavy atom. The van der Waals surface area contributed by atoms with Gasteiger partial charge in [-0.1, -0.05) is 18.2 Å². The van der Waals surface area contributed by atoms with E-state index in [1.54, 1.807) is 30.5 Å². The van der Waals surface area contributed by atoms with Crippen molar-refractivity contribution in [3.8, 4) is 0 Å². The first-order valence-electron chi connectivity index (χ1n) is 9.36. The van der Waals surface area contributed by atoms with Crippen molar-refractivity contribution in [3.05, 3.63) is 71.9 Å². The number of pyridine rings is 1. The third kappa shape index (κ3) is 4.02. The molecule has 1 aliphatic heterocycles. The van der Waals surface area contributed by atoms with Crippen molar-refractivity contribution >= 4 is 28.4 Å². The fraction of sp³-hybridized carbons (Fsp3) is 0.227. The highest BCUT2D eigenvalue weighted by Gasteiger charge is 2.17. The van der Waals surface area contributed by atoms with Gasteiger partial charge in [-0.25, -0.2) is 0 Å². The molecule has 0 saturated carbocycles. The molecule has 6 nitrogen and oxygen atoms in total.